The molecule has 0 rings (SSSR count). The highest BCUT2D eigenvalue weighted by Crippen LogP contribution is 2.74. The first kappa shape index (κ1) is 52.5. The lowest BCUT2D eigenvalue weighted by Gasteiger charge is -2.45. The zero-order valence-corrected chi connectivity index (χ0v) is 33.3. The van der Waals surface area contributed by atoms with E-state index in [4.69, 9.17) is 0 Å². The Bertz CT molecular complexity index is 1740. The third-order valence-electron chi connectivity index (χ3n) is 7.09. The van der Waals surface area contributed by atoms with Crippen molar-refractivity contribution in [2.45, 2.75) is 57.9 Å². The van der Waals surface area contributed by atoms with Gasteiger partial charge in [-0.2, -0.15) is 0 Å². The van der Waals surface area contributed by atoms with Crippen LogP contribution in [0.4, 0.5) is 0 Å². The summed E-state index contributed by atoms with van der Waals surface area (Å²) in [6.45, 7) is 0.0197. The summed E-state index contributed by atoms with van der Waals surface area (Å²) in [7, 11) is -69.5. The van der Waals surface area contributed by atoms with Gasteiger partial charge >= 0.3 is 76.0 Å². The fourth-order valence-electron chi connectivity index (χ4n) is 5.27. The van der Waals surface area contributed by atoms with Gasteiger partial charge in [0.25, 0.3) is 0 Å². The average molecular weight is 956 g/mol. The summed E-state index contributed by atoms with van der Waals surface area (Å²) in [6, 6.07) is 0. The molecule has 0 amide bonds. The molecule has 0 aromatic carbocycles. The molecule has 0 aliphatic carbocycles. The molecule has 0 aliphatic rings. The zero-order valence-electron chi connectivity index (χ0n) is 24.4. The first-order valence-electron chi connectivity index (χ1n) is 12.1. The number of rotatable bonds is 19. The van der Waals surface area contributed by atoms with Gasteiger partial charge < -0.3 is 97.9 Å². The van der Waals surface area contributed by atoms with Crippen LogP contribution >= 0.6 is 76.0 Å². The van der Waals surface area contributed by atoms with Gasteiger partial charge in [0.05, 0.1) is 57.1 Å². The van der Waals surface area contributed by atoms with Crippen LogP contribution in [0.1, 0.15) is 6.92 Å². The molecule has 0 spiro atoms. The molecule has 0 fully saturated rings. The molecule has 308 valence electrons. The van der Waals surface area contributed by atoms with Crippen LogP contribution < -0.4 is 0 Å². The first-order valence-corrected chi connectivity index (χ1v) is 29.0. The second kappa shape index (κ2) is 16.4. The summed E-state index contributed by atoms with van der Waals surface area (Å²) in [4.78, 5) is 199. The van der Waals surface area contributed by atoms with E-state index in [9.17, 15) is 144 Å². The normalized spacial score (nSPS) is 20.8. The van der Waals surface area contributed by atoms with Gasteiger partial charge in [0.1, 0.15) is 0 Å². The van der Waals surface area contributed by atoms with Crippen LogP contribution in [0.15, 0.2) is 0 Å². The fourth-order valence-corrected chi connectivity index (χ4v) is 26.3. The molecule has 0 aliphatic heterocycles. The van der Waals surface area contributed by atoms with Crippen molar-refractivity contribution in [1.29, 1.82) is 0 Å². The van der Waals surface area contributed by atoms with Crippen molar-refractivity contribution in [3.8, 4) is 0 Å². The molecule has 0 bridgehead atoms. The largest absolute Gasteiger partial charge is 0.330 e. The Morgan fingerprint density at radius 3 is 0.647 bits per heavy atom. The minimum atomic E-state index is -7.41. The molecule has 20 N–H and O–H groups in total. The molecule has 0 radical (unpaired) electrons. The zero-order chi connectivity index (χ0) is 41.9. The van der Waals surface area contributed by atoms with Gasteiger partial charge in [-0.3, -0.25) is 45.7 Å². The second-order valence-corrected chi connectivity index (χ2v) is 28.8. The summed E-state index contributed by atoms with van der Waals surface area (Å²) >= 11 is 0. The standard InChI is InChI=1S/C11H34O30P10/c1-3(43(15,16)17)5(45(21,22)23)7(47(27,28)29)9(49(33,34)35)11(51(39,40)41)10(50(36,37)38)8(48(30,31)32)6(46(24,25)26)4(44(18,19)20)2-42(12,13)14/h3-11H,2H2,1H3,(H2,12,13,14)(H2,15,16,17)(H2,18,19,20)(H2,21,22,23)(H2,24,25,26)(H2,27,28,29)(H2,30,31,32)(H2,33,34,35)(H2,36,37,38)(H2,39,40,41). The van der Waals surface area contributed by atoms with Crippen LogP contribution in [0.25, 0.3) is 0 Å². The number of hydrogen-bond donors (Lipinski definition) is 20. The Labute approximate surface area is 283 Å². The summed E-state index contributed by atoms with van der Waals surface area (Å²) in [5.41, 5.74) is -38.5. The molecule has 0 saturated carbocycles. The van der Waals surface area contributed by atoms with Gasteiger partial charge in [-0.25, -0.2) is 0 Å². The summed E-state index contributed by atoms with van der Waals surface area (Å²) < 4.78 is 125. The van der Waals surface area contributed by atoms with Gasteiger partial charge in [-0.1, -0.05) is 6.92 Å². The molecule has 40 heteroatoms. The SMILES string of the molecule is CC(C(C(C(C(C(C(C(C(CP(=O)(O)O)P(=O)(O)O)P(=O)(O)O)P(=O)(O)O)P(=O)(O)O)P(=O)(O)O)P(=O)(O)O)P(=O)(O)O)P(=O)(O)O)P(=O)(O)O. The lowest BCUT2D eigenvalue weighted by molar-refractivity contribution is 0.268. The lowest BCUT2D eigenvalue weighted by atomic mass is 10.0. The smallest absolute Gasteiger partial charge is 0.324 e. The Morgan fingerprint density at radius 1 is 0.294 bits per heavy atom. The van der Waals surface area contributed by atoms with Gasteiger partial charge in [0.15, 0.2) is 0 Å². The van der Waals surface area contributed by atoms with Gasteiger partial charge in [0, 0.05) is 0 Å². The van der Waals surface area contributed by atoms with Crippen molar-refractivity contribution >= 4 is 76.0 Å². The van der Waals surface area contributed by atoms with Crippen molar-refractivity contribution in [1.82, 2.24) is 0 Å². The fraction of sp³-hybridized carbons (Fsp3) is 1.00. The van der Waals surface area contributed by atoms with E-state index >= 15 is 0 Å². The van der Waals surface area contributed by atoms with E-state index in [1.165, 1.54) is 0 Å². The highest BCUT2D eigenvalue weighted by atomic mass is 31.2. The molecule has 30 nitrogen and oxygen atoms in total. The molecule has 9 unspecified atom stereocenters. The predicted molar refractivity (Wildman–Crippen MR) is 165 cm³/mol. The van der Waals surface area contributed by atoms with Crippen LogP contribution in [0.3, 0.4) is 0 Å². The molecule has 0 aromatic rings. The Kier molecular flexibility index (Phi) is 16.9. The Morgan fingerprint density at radius 2 is 0.490 bits per heavy atom. The van der Waals surface area contributed by atoms with E-state index in [0.717, 1.165) is 0 Å². The highest BCUT2D eigenvalue weighted by Gasteiger charge is 2.70. The van der Waals surface area contributed by atoms with Gasteiger partial charge in [-0.05, 0) is 0 Å². The van der Waals surface area contributed by atoms with E-state index < -0.39 is 133 Å². The van der Waals surface area contributed by atoms with E-state index in [2.05, 4.69) is 0 Å². The van der Waals surface area contributed by atoms with Gasteiger partial charge in [-0.15, -0.1) is 0 Å². The average Bonchev–Trinajstić information content (AvgIpc) is 2.73. The third kappa shape index (κ3) is 14.7. The third-order valence-corrected chi connectivity index (χ3v) is 23.0. The van der Waals surface area contributed by atoms with Crippen molar-refractivity contribution < 1.29 is 144 Å². The Hall–Kier alpha value is 1.50. The monoisotopic (exact) mass is 956 g/mol. The summed E-state index contributed by atoms with van der Waals surface area (Å²) in [6.07, 6.45) is -2.59. The highest BCUT2D eigenvalue weighted by molar-refractivity contribution is 7.64. The molecular formula is C11H34O30P10. The predicted octanol–water partition coefficient (Wildman–Crippen LogP) is -3.90. The topological polar surface area (TPSA) is 575 Å². The number of hydrogen-bond acceptors (Lipinski definition) is 10. The van der Waals surface area contributed by atoms with E-state index in [-0.39, 0.29) is 6.92 Å². The van der Waals surface area contributed by atoms with E-state index in [1.54, 1.807) is 0 Å². The maximum absolute atomic E-state index is 13.0. The molecule has 0 aromatic heterocycles. The van der Waals surface area contributed by atoms with Gasteiger partial charge in [0.2, 0.25) is 0 Å². The minimum Gasteiger partial charge on any atom is -0.324 e. The van der Waals surface area contributed by atoms with E-state index in [0.29, 0.717) is 0 Å². The molecule has 0 saturated heterocycles. The molecular weight excluding hydrogens is 922 g/mol. The Balaban J connectivity index is 9.25. The van der Waals surface area contributed by atoms with Crippen LogP contribution in [-0.4, -0.2) is 155 Å². The molecule has 9 atom stereocenters. The van der Waals surface area contributed by atoms with Crippen molar-refractivity contribution in [2.24, 2.45) is 0 Å². The van der Waals surface area contributed by atoms with Crippen molar-refractivity contribution in [2.75, 3.05) is 6.16 Å². The first-order chi connectivity index (χ1) is 21.6. The minimum absolute atomic E-state index is 0.0197. The quantitative estimate of drug-likeness (QED) is 0.0550. The lowest BCUT2D eigenvalue weighted by Crippen LogP contribution is -2.56. The van der Waals surface area contributed by atoms with Crippen molar-refractivity contribution in [3.05, 3.63) is 0 Å². The summed E-state index contributed by atoms with van der Waals surface area (Å²) in [5, 5.41) is 0. The maximum Gasteiger partial charge on any atom is 0.330 e. The molecule has 0 heterocycles. The van der Waals surface area contributed by atoms with Crippen LogP contribution in [0, 0.1) is 0 Å². The maximum atomic E-state index is 13.0. The molecule has 51 heavy (non-hydrogen) atoms. The van der Waals surface area contributed by atoms with E-state index in [1.807, 2.05) is 0 Å². The van der Waals surface area contributed by atoms with Crippen LogP contribution in [-0.2, 0) is 45.7 Å². The van der Waals surface area contributed by atoms with Crippen LogP contribution in [0.2, 0.25) is 0 Å². The van der Waals surface area contributed by atoms with Crippen LogP contribution in [0.5, 0.6) is 0 Å². The van der Waals surface area contributed by atoms with Crippen molar-refractivity contribution in [3.63, 3.8) is 0 Å². The summed E-state index contributed by atoms with van der Waals surface area (Å²) in [5.74, 6) is 0. The second-order valence-electron chi connectivity index (χ2n) is 10.9.